The maximum Gasteiger partial charge on any atom is 0.252 e. The van der Waals surface area contributed by atoms with Gasteiger partial charge >= 0.3 is 0 Å². The van der Waals surface area contributed by atoms with Crippen molar-refractivity contribution in [3.05, 3.63) is 83.9 Å². The molecule has 1 amide bonds. The Labute approximate surface area is 263 Å². The predicted molar refractivity (Wildman–Crippen MR) is 172 cm³/mol. The molecular weight excluding hydrogens is 570 g/mol. The number of carbonyl (C=O) groups is 1. The first-order valence-electron chi connectivity index (χ1n) is 16.1. The number of aliphatic hydroxyl groups excluding tert-OH is 2. The van der Waals surface area contributed by atoms with Gasteiger partial charge in [0.05, 0.1) is 6.33 Å². The van der Waals surface area contributed by atoms with E-state index in [1.54, 1.807) is 11.5 Å². The Kier molecular flexibility index (Phi) is 10.00. The minimum Gasteiger partial charge on any atom is -0.387 e. The molecule has 2 fully saturated rings. The average molecular weight is 614 g/mol. The number of nitrogens with one attached hydrogen (secondary N) is 2. The van der Waals surface area contributed by atoms with Crippen molar-refractivity contribution < 1.29 is 19.7 Å². The van der Waals surface area contributed by atoms with Crippen molar-refractivity contribution in [2.24, 2.45) is 0 Å². The number of carbonyl (C=O) groups excluding carboxylic acids is 1. The zero-order valence-electron chi connectivity index (χ0n) is 25.8. The number of anilines is 1. The highest BCUT2D eigenvalue weighted by Gasteiger charge is 2.47. The first-order valence-corrected chi connectivity index (χ1v) is 16.1. The standard InChI is InChI=1S/C34H43N7O4/c1-2-35-33(44)30-28(42)29(43)34(45-30)41-22-37-27-31(38-26(39-32(27)41)17-12-20-40-18-10-5-11-19-40)36-21-25(23-13-6-3-7-14-23)24-15-8-4-9-16-24/h3-4,6-9,13-16,22,25,28-30,34,42-43H,2,5,10-12,17-21H2,1H3,(H,35,44)(H,36,38,39)/t28-,29+,30-,34+/m0/s1. The molecule has 0 radical (unpaired) electrons. The maximum absolute atomic E-state index is 12.5. The number of imidazole rings is 1. The Hall–Kier alpha value is -3.90. The van der Waals surface area contributed by atoms with Gasteiger partial charge in [-0.25, -0.2) is 15.0 Å². The third-order valence-corrected chi connectivity index (χ3v) is 8.79. The minimum absolute atomic E-state index is 0.0648. The molecule has 4 N–H and O–H groups in total. The van der Waals surface area contributed by atoms with Gasteiger partial charge < -0.3 is 30.5 Å². The molecule has 4 atom stereocenters. The number of likely N-dealkylation sites (N-methyl/N-ethyl adjacent to an activating group) is 1. The van der Waals surface area contributed by atoms with Crippen LogP contribution >= 0.6 is 0 Å². The molecule has 6 rings (SSSR count). The van der Waals surface area contributed by atoms with Crippen LogP contribution in [0.5, 0.6) is 0 Å². The molecule has 0 bridgehead atoms. The zero-order chi connectivity index (χ0) is 31.2. The molecular formula is C34H43N7O4. The second kappa shape index (κ2) is 14.5. The Balaban J connectivity index is 1.30. The molecule has 11 nitrogen and oxygen atoms in total. The van der Waals surface area contributed by atoms with Crippen LogP contribution < -0.4 is 10.6 Å². The lowest BCUT2D eigenvalue weighted by atomic mass is 9.91. The molecule has 2 saturated heterocycles. The summed E-state index contributed by atoms with van der Waals surface area (Å²) in [7, 11) is 0. The number of benzene rings is 2. The number of aliphatic hydroxyl groups is 2. The van der Waals surface area contributed by atoms with E-state index in [0.717, 1.165) is 26.1 Å². The van der Waals surface area contributed by atoms with Gasteiger partial charge in [-0.1, -0.05) is 67.1 Å². The SMILES string of the molecule is CCNC(=O)[C@H]1O[C@@H](n2cnc3c(NCC(c4ccccc4)c4ccccc4)nc(CCCN4CCCCC4)nc32)[C@H](O)[C@@H]1O. The number of aryl methyl sites for hydroxylation is 1. The van der Waals surface area contributed by atoms with Crippen molar-refractivity contribution in [2.45, 2.75) is 69.5 Å². The monoisotopic (exact) mass is 613 g/mol. The lowest BCUT2D eigenvalue weighted by Gasteiger charge is -2.26. The molecule has 11 heteroatoms. The molecule has 2 aromatic heterocycles. The van der Waals surface area contributed by atoms with Crippen LogP contribution in [0, 0.1) is 0 Å². The van der Waals surface area contributed by atoms with Gasteiger partial charge in [-0.15, -0.1) is 0 Å². The van der Waals surface area contributed by atoms with Crippen molar-refractivity contribution in [1.82, 2.24) is 29.7 Å². The topological polar surface area (TPSA) is 138 Å². The van der Waals surface area contributed by atoms with Gasteiger partial charge in [0, 0.05) is 25.4 Å². The van der Waals surface area contributed by atoms with Crippen LogP contribution in [0.3, 0.4) is 0 Å². The van der Waals surface area contributed by atoms with Crippen molar-refractivity contribution in [1.29, 1.82) is 0 Å². The minimum atomic E-state index is -1.39. The summed E-state index contributed by atoms with van der Waals surface area (Å²) >= 11 is 0. The first kappa shape index (κ1) is 31.1. The second-order valence-corrected chi connectivity index (χ2v) is 11.9. The number of fused-ring (bicyclic) bond motifs is 1. The van der Waals surface area contributed by atoms with E-state index in [9.17, 15) is 15.0 Å². The molecule has 4 heterocycles. The van der Waals surface area contributed by atoms with E-state index in [-0.39, 0.29) is 5.92 Å². The van der Waals surface area contributed by atoms with Crippen molar-refractivity contribution in [3.63, 3.8) is 0 Å². The van der Waals surface area contributed by atoms with Gasteiger partial charge in [0.25, 0.3) is 5.91 Å². The third-order valence-electron chi connectivity index (χ3n) is 8.79. The number of nitrogens with zero attached hydrogens (tertiary/aromatic N) is 5. The van der Waals surface area contributed by atoms with Gasteiger partial charge in [0.1, 0.15) is 18.0 Å². The fraction of sp³-hybridized carbons (Fsp3) is 0.471. The van der Waals surface area contributed by atoms with Crippen LogP contribution in [-0.4, -0.2) is 91.6 Å². The van der Waals surface area contributed by atoms with Crippen molar-refractivity contribution >= 4 is 22.9 Å². The number of hydrogen-bond donors (Lipinski definition) is 4. The number of rotatable bonds is 12. The van der Waals surface area contributed by atoms with Crippen LogP contribution in [0.15, 0.2) is 67.0 Å². The van der Waals surface area contributed by atoms with Crippen molar-refractivity contribution in [2.75, 3.05) is 38.0 Å². The normalized spacial score (nSPS) is 22.2. The number of hydrogen-bond acceptors (Lipinski definition) is 9. The third kappa shape index (κ3) is 7.01. The molecule has 2 aromatic carbocycles. The average Bonchev–Trinajstić information content (AvgIpc) is 3.63. The Morgan fingerprint density at radius 1 is 0.978 bits per heavy atom. The van der Waals surface area contributed by atoms with Crippen LogP contribution in [0.25, 0.3) is 11.2 Å². The van der Waals surface area contributed by atoms with E-state index < -0.39 is 30.4 Å². The van der Waals surface area contributed by atoms with Gasteiger partial charge in [-0.3, -0.25) is 9.36 Å². The van der Waals surface area contributed by atoms with Gasteiger partial charge in [0.2, 0.25) is 0 Å². The van der Waals surface area contributed by atoms with Crippen LogP contribution in [0.2, 0.25) is 0 Å². The largest absolute Gasteiger partial charge is 0.387 e. The number of ether oxygens (including phenoxy) is 1. The van der Waals surface area contributed by atoms with Crippen LogP contribution in [-0.2, 0) is 16.0 Å². The van der Waals surface area contributed by atoms with E-state index in [0.29, 0.717) is 42.3 Å². The first-order chi connectivity index (χ1) is 22.0. The highest BCUT2D eigenvalue weighted by atomic mass is 16.6. The summed E-state index contributed by atoms with van der Waals surface area (Å²) in [5, 5.41) is 27.9. The van der Waals surface area contributed by atoms with E-state index >= 15 is 0 Å². The Morgan fingerprint density at radius 2 is 1.67 bits per heavy atom. The van der Waals surface area contributed by atoms with E-state index in [2.05, 4.69) is 44.8 Å². The molecule has 0 spiro atoms. The molecule has 45 heavy (non-hydrogen) atoms. The lowest BCUT2D eigenvalue weighted by Crippen LogP contribution is -2.42. The second-order valence-electron chi connectivity index (χ2n) is 11.9. The lowest BCUT2D eigenvalue weighted by molar-refractivity contribution is -0.137. The highest BCUT2D eigenvalue weighted by molar-refractivity contribution is 5.84. The maximum atomic E-state index is 12.5. The fourth-order valence-electron chi connectivity index (χ4n) is 6.41. The summed E-state index contributed by atoms with van der Waals surface area (Å²) in [4.78, 5) is 29.5. The Bertz CT molecular complexity index is 1500. The summed E-state index contributed by atoms with van der Waals surface area (Å²) in [6, 6.07) is 20.7. The molecule has 2 aliphatic heterocycles. The molecule has 0 saturated carbocycles. The van der Waals surface area contributed by atoms with Crippen LogP contribution in [0.1, 0.15) is 61.7 Å². The quantitative estimate of drug-likeness (QED) is 0.190. The molecule has 0 aliphatic carbocycles. The number of amides is 1. The van der Waals surface area contributed by atoms with Gasteiger partial charge in [-0.2, -0.15) is 0 Å². The smallest absolute Gasteiger partial charge is 0.252 e. The summed E-state index contributed by atoms with van der Waals surface area (Å²) in [5.41, 5.74) is 3.37. The Morgan fingerprint density at radius 3 is 2.33 bits per heavy atom. The molecule has 2 aliphatic rings. The molecule has 0 unspecified atom stereocenters. The number of likely N-dealkylation sites (tertiary alicyclic amines) is 1. The van der Waals surface area contributed by atoms with E-state index in [1.807, 2.05) is 36.4 Å². The van der Waals surface area contributed by atoms with Gasteiger partial charge in [0.15, 0.2) is 29.3 Å². The van der Waals surface area contributed by atoms with E-state index in [1.165, 1.54) is 36.7 Å². The fourth-order valence-corrected chi connectivity index (χ4v) is 6.41. The molecule has 4 aromatic rings. The van der Waals surface area contributed by atoms with Crippen molar-refractivity contribution in [3.8, 4) is 0 Å². The van der Waals surface area contributed by atoms with Gasteiger partial charge in [-0.05, 0) is 56.9 Å². The summed E-state index contributed by atoms with van der Waals surface area (Å²) < 4.78 is 7.54. The summed E-state index contributed by atoms with van der Waals surface area (Å²) in [6.07, 6.45) is 1.93. The number of piperidine rings is 1. The summed E-state index contributed by atoms with van der Waals surface area (Å²) in [5.74, 6) is 0.846. The predicted octanol–water partition coefficient (Wildman–Crippen LogP) is 3.24. The highest BCUT2D eigenvalue weighted by Crippen LogP contribution is 2.33. The molecule has 238 valence electrons. The zero-order valence-corrected chi connectivity index (χ0v) is 25.8. The van der Waals surface area contributed by atoms with Crippen LogP contribution in [0.4, 0.5) is 5.82 Å². The number of aromatic nitrogens is 4. The van der Waals surface area contributed by atoms with E-state index in [4.69, 9.17) is 14.7 Å². The summed E-state index contributed by atoms with van der Waals surface area (Å²) in [6.45, 7) is 5.99.